The Morgan fingerprint density at radius 2 is 1.76 bits per heavy atom. The third-order valence-corrected chi connectivity index (χ3v) is 3.34. The third kappa shape index (κ3) is 2.40. The van der Waals surface area contributed by atoms with Crippen LogP contribution in [0.3, 0.4) is 0 Å². The van der Waals surface area contributed by atoms with Crippen molar-refractivity contribution in [2.24, 2.45) is 10.2 Å². The number of rotatable bonds is 4. The lowest BCUT2D eigenvalue weighted by atomic mass is 10.2. The number of fused-ring (bicyclic) bond motifs is 1. The van der Waals surface area contributed by atoms with Crippen molar-refractivity contribution in [3.05, 3.63) is 53.1 Å². The molecule has 0 atom stereocenters. The minimum Gasteiger partial charge on any atom is -0.319 e. The van der Waals surface area contributed by atoms with Gasteiger partial charge >= 0.3 is 11.8 Å². The predicted molar refractivity (Wildman–Crippen MR) is 75.3 cm³/mol. The fraction of sp³-hybridized carbons (Fsp3) is 0.267. The lowest BCUT2D eigenvalue weighted by Crippen LogP contribution is -2.16. The summed E-state index contributed by atoms with van der Waals surface area (Å²) >= 11 is 0. The van der Waals surface area contributed by atoms with Crippen molar-refractivity contribution in [1.29, 1.82) is 0 Å². The Kier molecular flexibility index (Phi) is 3.43. The minimum absolute atomic E-state index is 0.120. The van der Waals surface area contributed by atoms with E-state index < -0.39 is 11.8 Å². The second kappa shape index (κ2) is 5.40. The Morgan fingerprint density at radius 3 is 2.48 bits per heavy atom. The standard InChI is InChI=1S/C15H14N4O2/c1-2-6-11-16-12-13(15(21)18-17-14(12)20)19(11)9-10-7-4-3-5-8-10/h3-5,7-8H,2,6,9H2,1H3. The number of azo groups is 1. The van der Waals surface area contributed by atoms with E-state index in [0.717, 1.165) is 17.8 Å². The van der Waals surface area contributed by atoms with Crippen molar-refractivity contribution in [2.45, 2.75) is 26.3 Å². The van der Waals surface area contributed by atoms with Crippen molar-refractivity contribution in [3.8, 4) is 0 Å². The van der Waals surface area contributed by atoms with E-state index in [1.54, 1.807) is 4.57 Å². The molecule has 1 aromatic carbocycles. The SMILES string of the molecule is CCCc1nc2c(n1Cc1ccccc1)C(=O)N=NC2=O. The lowest BCUT2D eigenvalue weighted by molar-refractivity contribution is 0.0912. The van der Waals surface area contributed by atoms with Crippen LogP contribution in [0.15, 0.2) is 40.6 Å². The number of hydrogen-bond acceptors (Lipinski definition) is 3. The molecule has 106 valence electrons. The van der Waals surface area contributed by atoms with Crippen molar-refractivity contribution < 1.29 is 9.59 Å². The Bertz CT molecular complexity index is 732. The van der Waals surface area contributed by atoms with Crippen LogP contribution in [-0.4, -0.2) is 21.4 Å². The quantitative estimate of drug-likeness (QED) is 0.864. The summed E-state index contributed by atoms with van der Waals surface area (Å²) in [6.07, 6.45) is 1.57. The monoisotopic (exact) mass is 282 g/mol. The molecule has 3 rings (SSSR count). The molecule has 1 aliphatic heterocycles. The number of imidazole rings is 1. The largest absolute Gasteiger partial charge is 0.319 e. The highest BCUT2D eigenvalue weighted by atomic mass is 16.2. The molecule has 0 radical (unpaired) electrons. The number of aryl methyl sites for hydroxylation is 1. The minimum atomic E-state index is -0.547. The predicted octanol–water partition coefficient (Wildman–Crippen LogP) is 2.63. The first-order valence-electron chi connectivity index (χ1n) is 6.84. The zero-order valence-corrected chi connectivity index (χ0v) is 11.6. The molecule has 1 aromatic heterocycles. The van der Waals surface area contributed by atoms with Crippen LogP contribution in [-0.2, 0) is 13.0 Å². The van der Waals surface area contributed by atoms with Gasteiger partial charge in [0.05, 0.1) is 0 Å². The molecule has 21 heavy (non-hydrogen) atoms. The van der Waals surface area contributed by atoms with E-state index in [4.69, 9.17) is 0 Å². The van der Waals surface area contributed by atoms with Gasteiger partial charge in [0.15, 0.2) is 5.69 Å². The smallest absolute Gasteiger partial charge is 0.316 e. The normalized spacial score (nSPS) is 13.6. The topological polar surface area (TPSA) is 76.7 Å². The summed E-state index contributed by atoms with van der Waals surface area (Å²) in [4.78, 5) is 28.1. The van der Waals surface area contributed by atoms with Crippen LogP contribution < -0.4 is 0 Å². The summed E-state index contributed by atoms with van der Waals surface area (Å²) in [7, 11) is 0. The Hall–Kier alpha value is -2.63. The summed E-state index contributed by atoms with van der Waals surface area (Å²) < 4.78 is 1.78. The van der Waals surface area contributed by atoms with Gasteiger partial charge in [-0.2, -0.15) is 0 Å². The maximum atomic E-state index is 12.0. The average molecular weight is 282 g/mol. The molecule has 0 spiro atoms. The van der Waals surface area contributed by atoms with Crippen LogP contribution in [0.2, 0.25) is 0 Å². The Labute approximate surface area is 121 Å². The fourth-order valence-electron chi connectivity index (χ4n) is 2.40. The number of carbonyl (C=O) groups is 2. The first-order chi connectivity index (χ1) is 10.2. The van der Waals surface area contributed by atoms with Crippen LogP contribution in [0, 0.1) is 0 Å². The number of carbonyl (C=O) groups excluding carboxylic acids is 2. The summed E-state index contributed by atoms with van der Waals surface area (Å²) in [6, 6.07) is 9.75. The van der Waals surface area contributed by atoms with Crippen molar-refractivity contribution >= 4 is 11.8 Å². The Balaban J connectivity index is 2.10. The van der Waals surface area contributed by atoms with Crippen LogP contribution in [0.25, 0.3) is 0 Å². The first-order valence-corrected chi connectivity index (χ1v) is 6.84. The van der Waals surface area contributed by atoms with Crippen LogP contribution >= 0.6 is 0 Å². The molecule has 0 saturated heterocycles. The maximum Gasteiger partial charge on any atom is 0.316 e. The summed E-state index contributed by atoms with van der Waals surface area (Å²) in [5.74, 6) is -0.329. The highest BCUT2D eigenvalue weighted by molar-refractivity contribution is 6.09. The number of aromatic nitrogens is 2. The molecule has 0 saturated carbocycles. The fourth-order valence-corrected chi connectivity index (χ4v) is 2.40. The van der Waals surface area contributed by atoms with Gasteiger partial charge in [-0.25, -0.2) is 4.98 Å². The van der Waals surface area contributed by atoms with Gasteiger partial charge in [0.2, 0.25) is 0 Å². The maximum absolute atomic E-state index is 12.0. The molecular formula is C15H14N4O2. The molecule has 6 nitrogen and oxygen atoms in total. The van der Waals surface area contributed by atoms with Gasteiger partial charge in [-0.15, -0.1) is 10.2 Å². The molecule has 2 aromatic rings. The average Bonchev–Trinajstić information content (AvgIpc) is 2.85. The van der Waals surface area contributed by atoms with E-state index in [2.05, 4.69) is 15.2 Å². The number of nitrogens with zero attached hydrogens (tertiary/aromatic N) is 4. The molecular weight excluding hydrogens is 268 g/mol. The summed E-state index contributed by atoms with van der Waals surface area (Å²) in [5, 5.41) is 6.74. The van der Waals surface area contributed by atoms with Gasteiger partial charge in [0.1, 0.15) is 11.5 Å². The second-order valence-corrected chi connectivity index (χ2v) is 4.86. The molecule has 1 aliphatic rings. The highest BCUT2D eigenvalue weighted by Crippen LogP contribution is 2.21. The van der Waals surface area contributed by atoms with Crippen molar-refractivity contribution in [1.82, 2.24) is 9.55 Å². The van der Waals surface area contributed by atoms with E-state index in [-0.39, 0.29) is 11.4 Å². The molecule has 2 amide bonds. The second-order valence-electron chi connectivity index (χ2n) is 4.86. The molecule has 0 aliphatic carbocycles. The van der Waals surface area contributed by atoms with Gasteiger partial charge < -0.3 is 4.57 Å². The molecule has 6 heteroatoms. The van der Waals surface area contributed by atoms with Crippen LogP contribution in [0.4, 0.5) is 0 Å². The summed E-state index contributed by atoms with van der Waals surface area (Å²) in [5.41, 5.74) is 1.41. The number of amides is 2. The van der Waals surface area contributed by atoms with Gasteiger partial charge in [0, 0.05) is 13.0 Å². The molecule has 0 N–H and O–H groups in total. The third-order valence-electron chi connectivity index (χ3n) is 3.34. The van der Waals surface area contributed by atoms with Gasteiger partial charge in [-0.1, -0.05) is 37.3 Å². The number of benzene rings is 1. The molecule has 0 bridgehead atoms. The van der Waals surface area contributed by atoms with E-state index in [1.165, 1.54) is 0 Å². The summed E-state index contributed by atoms with van der Waals surface area (Å²) in [6.45, 7) is 2.52. The van der Waals surface area contributed by atoms with Gasteiger partial charge in [-0.3, -0.25) is 9.59 Å². The zero-order valence-electron chi connectivity index (χ0n) is 11.6. The lowest BCUT2D eigenvalue weighted by Gasteiger charge is -2.11. The van der Waals surface area contributed by atoms with Crippen molar-refractivity contribution in [3.63, 3.8) is 0 Å². The van der Waals surface area contributed by atoms with E-state index in [9.17, 15) is 9.59 Å². The molecule has 0 unspecified atom stereocenters. The molecule has 0 fully saturated rings. The zero-order chi connectivity index (χ0) is 14.8. The van der Waals surface area contributed by atoms with Gasteiger partial charge in [0.25, 0.3) is 0 Å². The van der Waals surface area contributed by atoms with Crippen LogP contribution in [0.5, 0.6) is 0 Å². The number of hydrogen-bond donors (Lipinski definition) is 0. The first kappa shape index (κ1) is 13.4. The van der Waals surface area contributed by atoms with E-state index in [1.807, 2.05) is 37.3 Å². The Morgan fingerprint density at radius 1 is 1.05 bits per heavy atom. The van der Waals surface area contributed by atoms with Crippen LogP contribution in [0.1, 0.15) is 45.7 Å². The van der Waals surface area contributed by atoms with E-state index >= 15 is 0 Å². The van der Waals surface area contributed by atoms with E-state index in [0.29, 0.717) is 13.0 Å². The van der Waals surface area contributed by atoms with Crippen molar-refractivity contribution in [2.75, 3.05) is 0 Å². The molecule has 2 heterocycles. The highest BCUT2D eigenvalue weighted by Gasteiger charge is 2.30. The van der Waals surface area contributed by atoms with Gasteiger partial charge in [-0.05, 0) is 12.0 Å².